The Morgan fingerprint density at radius 2 is 2.35 bits per heavy atom. The summed E-state index contributed by atoms with van der Waals surface area (Å²) >= 11 is 0. The molecule has 0 amide bonds. The van der Waals surface area contributed by atoms with E-state index < -0.39 is 0 Å². The third kappa shape index (κ3) is 3.51. The summed E-state index contributed by atoms with van der Waals surface area (Å²) in [7, 11) is 0. The third-order valence-corrected chi connectivity index (χ3v) is 2.27. The Bertz CT molecular complexity index is 440. The zero-order valence-corrected chi connectivity index (χ0v) is 10.4. The predicted octanol–water partition coefficient (Wildman–Crippen LogP) is 1.81. The van der Waals surface area contributed by atoms with Gasteiger partial charge >= 0.3 is 0 Å². The van der Waals surface area contributed by atoms with Gasteiger partial charge in [-0.15, -0.1) is 12.4 Å². The SMILES string of the molecule is Cc1cc(NCc2ccoc2)n(CCO)n1.Cl. The van der Waals surface area contributed by atoms with Crippen LogP contribution in [0.3, 0.4) is 0 Å². The first-order valence-electron chi connectivity index (χ1n) is 5.20. The lowest BCUT2D eigenvalue weighted by Gasteiger charge is -2.07. The minimum absolute atomic E-state index is 0. The molecule has 0 fully saturated rings. The Kier molecular flexibility index (Phi) is 5.06. The van der Waals surface area contributed by atoms with Crippen molar-refractivity contribution in [2.24, 2.45) is 0 Å². The van der Waals surface area contributed by atoms with Gasteiger partial charge in [0.1, 0.15) is 5.82 Å². The van der Waals surface area contributed by atoms with Crippen LogP contribution in [0.5, 0.6) is 0 Å². The fraction of sp³-hybridized carbons (Fsp3) is 0.364. The van der Waals surface area contributed by atoms with Gasteiger partial charge in [-0.05, 0) is 13.0 Å². The zero-order valence-electron chi connectivity index (χ0n) is 9.59. The topological polar surface area (TPSA) is 63.2 Å². The summed E-state index contributed by atoms with van der Waals surface area (Å²) in [6, 6.07) is 3.86. The highest BCUT2D eigenvalue weighted by atomic mass is 35.5. The molecule has 6 heteroatoms. The number of rotatable bonds is 5. The van der Waals surface area contributed by atoms with Crippen molar-refractivity contribution in [2.45, 2.75) is 20.0 Å². The van der Waals surface area contributed by atoms with Gasteiger partial charge in [0, 0.05) is 18.2 Å². The average Bonchev–Trinajstić information content (AvgIpc) is 2.86. The molecule has 0 saturated heterocycles. The maximum absolute atomic E-state index is 8.90. The summed E-state index contributed by atoms with van der Waals surface area (Å²) in [5.41, 5.74) is 2.01. The quantitative estimate of drug-likeness (QED) is 0.858. The van der Waals surface area contributed by atoms with E-state index in [0.717, 1.165) is 17.1 Å². The van der Waals surface area contributed by atoms with Crippen molar-refractivity contribution in [3.63, 3.8) is 0 Å². The van der Waals surface area contributed by atoms with Gasteiger partial charge in [-0.1, -0.05) is 0 Å². The Morgan fingerprint density at radius 1 is 1.53 bits per heavy atom. The number of aryl methyl sites for hydroxylation is 1. The molecule has 0 aromatic carbocycles. The molecule has 5 nitrogen and oxygen atoms in total. The molecule has 2 aromatic rings. The lowest BCUT2D eigenvalue weighted by atomic mass is 10.3. The Balaban J connectivity index is 0.00000144. The van der Waals surface area contributed by atoms with Crippen LogP contribution >= 0.6 is 12.4 Å². The maximum atomic E-state index is 8.90. The van der Waals surface area contributed by atoms with E-state index in [1.54, 1.807) is 17.2 Å². The van der Waals surface area contributed by atoms with E-state index in [9.17, 15) is 0 Å². The molecule has 94 valence electrons. The molecule has 0 bridgehead atoms. The van der Waals surface area contributed by atoms with Gasteiger partial charge < -0.3 is 14.8 Å². The highest BCUT2D eigenvalue weighted by Crippen LogP contribution is 2.11. The van der Waals surface area contributed by atoms with E-state index in [0.29, 0.717) is 13.1 Å². The van der Waals surface area contributed by atoms with E-state index in [1.165, 1.54) is 0 Å². The van der Waals surface area contributed by atoms with Crippen LogP contribution in [0.25, 0.3) is 0 Å². The van der Waals surface area contributed by atoms with Gasteiger partial charge in [0.2, 0.25) is 0 Å². The Hall–Kier alpha value is -1.46. The number of anilines is 1. The van der Waals surface area contributed by atoms with Crippen LogP contribution in [0.15, 0.2) is 29.1 Å². The highest BCUT2D eigenvalue weighted by Gasteiger charge is 2.04. The number of aromatic nitrogens is 2. The molecule has 2 rings (SSSR count). The standard InChI is InChI=1S/C11H15N3O2.ClH/c1-9-6-11(14(13-9)3-4-15)12-7-10-2-5-16-8-10;/h2,5-6,8,12,15H,3-4,7H2,1H3;1H. The second-order valence-corrected chi connectivity index (χ2v) is 3.60. The number of aliphatic hydroxyl groups excluding tert-OH is 1. The molecule has 0 saturated carbocycles. The third-order valence-electron chi connectivity index (χ3n) is 2.27. The second-order valence-electron chi connectivity index (χ2n) is 3.60. The molecule has 0 aliphatic carbocycles. The average molecular weight is 258 g/mol. The van der Waals surface area contributed by atoms with Crippen LogP contribution in [0.1, 0.15) is 11.3 Å². The first-order chi connectivity index (χ1) is 7.79. The fourth-order valence-corrected chi connectivity index (χ4v) is 1.54. The van der Waals surface area contributed by atoms with Crippen LogP contribution < -0.4 is 5.32 Å². The lowest BCUT2D eigenvalue weighted by Crippen LogP contribution is -2.09. The van der Waals surface area contributed by atoms with Crippen molar-refractivity contribution in [3.05, 3.63) is 35.9 Å². The number of hydrogen-bond donors (Lipinski definition) is 2. The number of furan rings is 1. The summed E-state index contributed by atoms with van der Waals surface area (Å²) in [4.78, 5) is 0. The first kappa shape index (κ1) is 13.6. The summed E-state index contributed by atoms with van der Waals surface area (Å²) in [5.74, 6) is 0.910. The van der Waals surface area contributed by atoms with E-state index >= 15 is 0 Å². The number of nitrogens with zero attached hydrogens (tertiary/aromatic N) is 2. The van der Waals surface area contributed by atoms with Crippen molar-refractivity contribution >= 4 is 18.2 Å². The first-order valence-corrected chi connectivity index (χ1v) is 5.20. The molecule has 0 aliphatic heterocycles. The number of nitrogens with one attached hydrogen (secondary N) is 1. The molecule has 0 unspecified atom stereocenters. The van der Waals surface area contributed by atoms with E-state index in [1.807, 2.05) is 19.1 Å². The lowest BCUT2D eigenvalue weighted by molar-refractivity contribution is 0.270. The van der Waals surface area contributed by atoms with Crippen LogP contribution in [0.4, 0.5) is 5.82 Å². The van der Waals surface area contributed by atoms with Crippen LogP contribution in [0.2, 0.25) is 0 Å². The van der Waals surface area contributed by atoms with Gasteiger partial charge in [-0.25, -0.2) is 4.68 Å². The molecular weight excluding hydrogens is 242 g/mol. The summed E-state index contributed by atoms with van der Waals surface area (Å²) < 4.78 is 6.74. The van der Waals surface area contributed by atoms with Crippen molar-refractivity contribution in [1.82, 2.24) is 9.78 Å². The molecular formula is C11H16ClN3O2. The predicted molar refractivity (Wildman–Crippen MR) is 67.3 cm³/mol. The summed E-state index contributed by atoms with van der Waals surface area (Å²) in [6.45, 7) is 3.20. The van der Waals surface area contributed by atoms with Crippen LogP contribution in [-0.2, 0) is 13.1 Å². The summed E-state index contributed by atoms with van der Waals surface area (Å²) in [5, 5.41) is 16.4. The monoisotopic (exact) mass is 257 g/mol. The normalized spacial score (nSPS) is 10.0. The fourth-order valence-electron chi connectivity index (χ4n) is 1.54. The van der Waals surface area contributed by atoms with Crippen LogP contribution in [0, 0.1) is 6.92 Å². The van der Waals surface area contributed by atoms with Crippen molar-refractivity contribution in [1.29, 1.82) is 0 Å². The van der Waals surface area contributed by atoms with E-state index in [-0.39, 0.29) is 19.0 Å². The maximum Gasteiger partial charge on any atom is 0.124 e. The van der Waals surface area contributed by atoms with Gasteiger partial charge in [-0.3, -0.25) is 0 Å². The van der Waals surface area contributed by atoms with Crippen molar-refractivity contribution in [2.75, 3.05) is 11.9 Å². The molecule has 2 N–H and O–H groups in total. The Labute approximate surface area is 106 Å². The molecule has 2 heterocycles. The summed E-state index contributed by atoms with van der Waals surface area (Å²) in [6.07, 6.45) is 3.35. The Morgan fingerprint density at radius 3 is 3.00 bits per heavy atom. The van der Waals surface area contributed by atoms with E-state index in [4.69, 9.17) is 9.52 Å². The van der Waals surface area contributed by atoms with Crippen molar-refractivity contribution < 1.29 is 9.52 Å². The van der Waals surface area contributed by atoms with Gasteiger partial charge in [0.15, 0.2) is 0 Å². The molecule has 0 spiro atoms. The minimum atomic E-state index is 0. The van der Waals surface area contributed by atoms with Gasteiger partial charge in [0.05, 0.1) is 31.4 Å². The van der Waals surface area contributed by atoms with E-state index in [2.05, 4.69) is 10.4 Å². The largest absolute Gasteiger partial charge is 0.472 e. The van der Waals surface area contributed by atoms with Crippen molar-refractivity contribution in [3.8, 4) is 0 Å². The number of hydrogen-bond acceptors (Lipinski definition) is 4. The second kappa shape index (κ2) is 6.32. The molecule has 0 radical (unpaired) electrons. The highest BCUT2D eigenvalue weighted by molar-refractivity contribution is 5.85. The zero-order chi connectivity index (χ0) is 11.4. The minimum Gasteiger partial charge on any atom is -0.472 e. The van der Waals surface area contributed by atoms with Crippen LogP contribution in [-0.4, -0.2) is 21.5 Å². The van der Waals surface area contributed by atoms with Gasteiger partial charge in [0.25, 0.3) is 0 Å². The molecule has 0 aliphatic rings. The number of halogens is 1. The smallest absolute Gasteiger partial charge is 0.124 e. The van der Waals surface area contributed by atoms with Gasteiger partial charge in [-0.2, -0.15) is 5.10 Å². The molecule has 0 atom stereocenters. The molecule has 2 aromatic heterocycles. The number of aliphatic hydroxyl groups is 1. The molecule has 17 heavy (non-hydrogen) atoms.